The first-order valence-electron chi connectivity index (χ1n) is 8.24. The zero-order chi connectivity index (χ0) is 17.7. The lowest BCUT2D eigenvalue weighted by atomic mass is 9.88. The zero-order valence-corrected chi connectivity index (χ0v) is 15.3. The molecule has 0 unspecified atom stereocenters. The highest BCUT2D eigenvalue weighted by molar-refractivity contribution is 9.10. The molecule has 2 aromatic rings. The minimum absolute atomic E-state index is 0.0628. The summed E-state index contributed by atoms with van der Waals surface area (Å²) in [5, 5.41) is 12.6. The van der Waals surface area contributed by atoms with E-state index in [1.165, 1.54) is 6.08 Å². The van der Waals surface area contributed by atoms with Gasteiger partial charge in [-0.15, -0.1) is 0 Å². The number of benzene rings is 1. The van der Waals surface area contributed by atoms with E-state index in [9.17, 15) is 10.1 Å². The van der Waals surface area contributed by atoms with E-state index >= 15 is 0 Å². The van der Waals surface area contributed by atoms with Crippen molar-refractivity contribution in [1.29, 1.82) is 5.26 Å². The van der Waals surface area contributed by atoms with E-state index in [4.69, 9.17) is 0 Å². The summed E-state index contributed by atoms with van der Waals surface area (Å²) in [4.78, 5) is 16.9. The molecule has 126 valence electrons. The summed E-state index contributed by atoms with van der Waals surface area (Å²) in [6.45, 7) is 0. The molecule has 1 fully saturated rings. The summed E-state index contributed by atoms with van der Waals surface area (Å²) in [6.07, 6.45) is 7.05. The predicted molar refractivity (Wildman–Crippen MR) is 100 cm³/mol. The Kier molecular flexibility index (Phi) is 5.30. The SMILES string of the molecule is N#C/C(=C\c1cc(Br)ccn1)C(=O)NC1(c2ccccc2)CCCC1. The lowest BCUT2D eigenvalue weighted by Gasteiger charge is -2.31. The van der Waals surface area contributed by atoms with Gasteiger partial charge in [-0.25, -0.2) is 0 Å². The van der Waals surface area contributed by atoms with Crippen molar-refractivity contribution in [3.05, 3.63) is 70.0 Å². The van der Waals surface area contributed by atoms with E-state index in [0.29, 0.717) is 5.69 Å². The van der Waals surface area contributed by atoms with Crippen LogP contribution in [0.5, 0.6) is 0 Å². The molecule has 1 aromatic heterocycles. The molecule has 0 bridgehead atoms. The number of nitrogens with zero attached hydrogens (tertiary/aromatic N) is 2. The normalized spacial score (nSPS) is 16.2. The van der Waals surface area contributed by atoms with Gasteiger partial charge in [-0.05, 0) is 36.6 Å². The molecule has 1 heterocycles. The predicted octanol–water partition coefficient (Wildman–Crippen LogP) is 4.34. The Morgan fingerprint density at radius 2 is 1.96 bits per heavy atom. The van der Waals surface area contributed by atoms with Crippen molar-refractivity contribution in [3.8, 4) is 6.07 Å². The van der Waals surface area contributed by atoms with Crippen LogP contribution in [0.25, 0.3) is 6.08 Å². The lowest BCUT2D eigenvalue weighted by molar-refractivity contribution is -0.119. The van der Waals surface area contributed by atoms with Gasteiger partial charge in [0.05, 0.1) is 11.2 Å². The van der Waals surface area contributed by atoms with Crippen molar-refractivity contribution in [2.24, 2.45) is 0 Å². The fourth-order valence-corrected chi connectivity index (χ4v) is 3.66. The smallest absolute Gasteiger partial charge is 0.262 e. The number of rotatable bonds is 4. The highest BCUT2D eigenvalue weighted by atomic mass is 79.9. The van der Waals surface area contributed by atoms with Crippen LogP contribution in [-0.4, -0.2) is 10.9 Å². The molecular weight excluding hydrogens is 378 g/mol. The maximum Gasteiger partial charge on any atom is 0.262 e. The minimum atomic E-state index is -0.390. The first kappa shape index (κ1) is 17.4. The van der Waals surface area contributed by atoms with Crippen molar-refractivity contribution >= 4 is 27.9 Å². The fraction of sp³-hybridized carbons (Fsp3) is 0.250. The van der Waals surface area contributed by atoms with Crippen LogP contribution < -0.4 is 5.32 Å². The Bertz CT molecular complexity index is 834. The first-order valence-corrected chi connectivity index (χ1v) is 9.04. The van der Waals surface area contributed by atoms with Crippen LogP contribution in [0.3, 0.4) is 0 Å². The second-order valence-corrected chi connectivity index (χ2v) is 7.09. The molecule has 0 aliphatic heterocycles. The van der Waals surface area contributed by atoms with Gasteiger partial charge in [0.1, 0.15) is 11.6 Å². The molecule has 1 amide bonds. The highest BCUT2D eigenvalue weighted by Crippen LogP contribution is 2.38. The third-order valence-electron chi connectivity index (χ3n) is 4.54. The molecule has 1 aliphatic rings. The summed E-state index contributed by atoms with van der Waals surface area (Å²) in [5.74, 6) is -0.352. The van der Waals surface area contributed by atoms with Crippen LogP contribution in [0.15, 0.2) is 58.7 Å². The van der Waals surface area contributed by atoms with E-state index in [2.05, 4.69) is 26.2 Å². The quantitative estimate of drug-likeness (QED) is 0.618. The van der Waals surface area contributed by atoms with Crippen LogP contribution in [0.2, 0.25) is 0 Å². The summed E-state index contributed by atoms with van der Waals surface area (Å²) < 4.78 is 0.850. The van der Waals surface area contributed by atoms with Gasteiger partial charge >= 0.3 is 0 Å². The van der Waals surface area contributed by atoms with E-state index in [0.717, 1.165) is 35.7 Å². The number of nitriles is 1. The lowest BCUT2D eigenvalue weighted by Crippen LogP contribution is -2.44. The third kappa shape index (κ3) is 3.97. The van der Waals surface area contributed by atoms with Crippen molar-refractivity contribution in [2.75, 3.05) is 0 Å². The topological polar surface area (TPSA) is 65.8 Å². The number of aromatic nitrogens is 1. The Morgan fingerprint density at radius 1 is 1.24 bits per heavy atom. The summed E-state index contributed by atoms with van der Waals surface area (Å²) in [6, 6.07) is 15.6. The van der Waals surface area contributed by atoms with Gasteiger partial charge in [0, 0.05) is 10.7 Å². The molecule has 1 aliphatic carbocycles. The molecule has 25 heavy (non-hydrogen) atoms. The largest absolute Gasteiger partial charge is 0.342 e. The van der Waals surface area contributed by atoms with Gasteiger partial charge in [0.15, 0.2) is 0 Å². The van der Waals surface area contributed by atoms with Crippen molar-refractivity contribution < 1.29 is 4.79 Å². The number of hydrogen-bond donors (Lipinski definition) is 1. The molecule has 1 N–H and O–H groups in total. The number of carbonyl (C=O) groups is 1. The number of carbonyl (C=O) groups excluding carboxylic acids is 1. The van der Waals surface area contributed by atoms with Gasteiger partial charge in [0.2, 0.25) is 0 Å². The standard InChI is InChI=1S/C20H18BrN3O/c21-17-8-11-23-18(13-17)12-15(14-22)19(25)24-20(9-4-5-10-20)16-6-2-1-3-7-16/h1-3,6-8,11-13H,4-5,9-10H2,(H,24,25)/b15-12+. The molecule has 0 radical (unpaired) electrons. The van der Waals surface area contributed by atoms with Crippen LogP contribution in [-0.2, 0) is 10.3 Å². The number of halogens is 1. The summed E-state index contributed by atoms with van der Waals surface area (Å²) >= 11 is 3.37. The Balaban J connectivity index is 1.87. The van der Waals surface area contributed by atoms with Gasteiger partial charge < -0.3 is 5.32 Å². The van der Waals surface area contributed by atoms with E-state index in [1.54, 1.807) is 18.3 Å². The zero-order valence-electron chi connectivity index (χ0n) is 13.7. The molecule has 0 atom stereocenters. The van der Waals surface area contributed by atoms with Crippen LogP contribution in [0.4, 0.5) is 0 Å². The summed E-state index contributed by atoms with van der Waals surface area (Å²) in [7, 11) is 0. The van der Waals surface area contributed by atoms with Crippen LogP contribution >= 0.6 is 15.9 Å². The monoisotopic (exact) mass is 395 g/mol. The van der Waals surface area contributed by atoms with Crippen LogP contribution in [0.1, 0.15) is 36.9 Å². The molecule has 0 saturated heterocycles. The molecule has 1 aromatic carbocycles. The van der Waals surface area contributed by atoms with Gasteiger partial charge in [-0.1, -0.05) is 59.1 Å². The van der Waals surface area contributed by atoms with E-state index < -0.39 is 0 Å². The highest BCUT2D eigenvalue weighted by Gasteiger charge is 2.37. The Hall–Kier alpha value is -2.45. The van der Waals surface area contributed by atoms with E-state index in [-0.39, 0.29) is 17.0 Å². The fourth-order valence-electron chi connectivity index (χ4n) is 3.30. The van der Waals surface area contributed by atoms with Crippen molar-refractivity contribution in [1.82, 2.24) is 10.3 Å². The second kappa shape index (κ2) is 7.62. The molecule has 3 rings (SSSR count). The third-order valence-corrected chi connectivity index (χ3v) is 5.03. The van der Waals surface area contributed by atoms with Gasteiger partial charge in [-0.2, -0.15) is 5.26 Å². The maximum absolute atomic E-state index is 12.8. The number of nitrogens with one attached hydrogen (secondary N) is 1. The average Bonchev–Trinajstić information content (AvgIpc) is 3.10. The van der Waals surface area contributed by atoms with Crippen molar-refractivity contribution in [2.45, 2.75) is 31.2 Å². The molecule has 1 saturated carbocycles. The molecule has 0 spiro atoms. The average molecular weight is 396 g/mol. The van der Waals surface area contributed by atoms with Crippen LogP contribution in [0, 0.1) is 11.3 Å². The minimum Gasteiger partial charge on any atom is -0.342 e. The summed E-state index contributed by atoms with van der Waals surface area (Å²) in [5.41, 5.74) is 1.34. The van der Waals surface area contributed by atoms with Crippen molar-refractivity contribution in [3.63, 3.8) is 0 Å². The molecule has 4 nitrogen and oxygen atoms in total. The second-order valence-electron chi connectivity index (χ2n) is 6.18. The molecular formula is C20H18BrN3O. The Labute approximate surface area is 155 Å². The number of hydrogen-bond acceptors (Lipinski definition) is 3. The van der Waals surface area contributed by atoms with Gasteiger partial charge in [-0.3, -0.25) is 9.78 Å². The number of pyridine rings is 1. The van der Waals surface area contributed by atoms with Gasteiger partial charge in [0.25, 0.3) is 5.91 Å². The molecule has 5 heteroatoms. The number of amides is 1. The first-order chi connectivity index (χ1) is 12.1. The van der Waals surface area contributed by atoms with E-state index in [1.807, 2.05) is 36.4 Å². The Morgan fingerprint density at radius 3 is 2.60 bits per heavy atom. The maximum atomic E-state index is 12.8.